The minimum Gasteiger partial charge on any atom is -0.462 e. The van der Waals surface area contributed by atoms with Crippen LogP contribution in [0, 0.1) is 0 Å². The molecule has 0 radical (unpaired) electrons. The first-order valence-corrected chi connectivity index (χ1v) is 27.1. The number of carbonyl (C=O) groups is 4. The fourth-order valence-electron chi connectivity index (χ4n) is 10.6. The SMILES string of the molecule is C.CCOC(=O)c1cccc2c1-c1ccccc1C2=NN=C1c2ccccc2-c2c(C(=O)Sc3nnc(SC(=O)c4cccc5c4-c4ccccc4C5=NN=C4c5ccccc5-c5c(C(=O)OCC)cccc54)s3)cccc21. The van der Waals surface area contributed by atoms with Gasteiger partial charge in [0.25, 0.3) is 0 Å². The summed E-state index contributed by atoms with van der Waals surface area (Å²) >= 11 is 3.08. The number of benzene rings is 8. The average molecular weight is 1080 g/mol. The Labute approximate surface area is 460 Å². The van der Waals surface area contributed by atoms with Crippen LogP contribution in [-0.2, 0) is 9.47 Å². The molecule has 378 valence electrons. The van der Waals surface area contributed by atoms with Crippen LogP contribution in [-0.4, -0.2) is 68.4 Å². The number of hydrogen-bond donors (Lipinski definition) is 0. The predicted octanol–water partition coefficient (Wildman–Crippen LogP) is 13.9. The zero-order valence-corrected chi connectivity index (χ0v) is 43.4. The van der Waals surface area contributed by atoms with Crippen molar-refractivity contribution in [2.75, 3.05) is 13.2 Å². The van der Waals surface area contributed by atoms with Gasteiger partial charge in [0.1, 0.15) is 22.8 Å². The van der Waals surface area contributed by atoms with E-state index in [0.717, 1.165) is 113 Å². The number of fused-ring (bicyclic) bond motifs is 12. The van der Waals surface area contributed by atoms with Crippen molar-refractivity contribution in [3.05, 3.63) is 237 Å². The second-order valence-electron chi connectivity index (χ2n) is 17.9. The van der Waals surface area contributed by atoms with Crippen molar-refractivity contribution in [3.8, 4) is 44.5 Å². The Balaban J connectivity index is 0.00000609. The molecule has 12 nitrogen and oxygen atoms in total. The maximum absolute atomic E-state index is 14.4. The van der Waals surface area contributed by atoms with E-state index >= 15 is 0 Å². The Morgan fingerprint density at radius 2 is 0.628 bits per heavy atom. The Kier molecular flexibility index (Phi) is 13.1. The predicted molar refractivity (Wildman–Crippen MR) is 309 cm³/mol. The normalized spacial score (nSPS) is 14.7. The van der Waals surface area contributed by atoms with E-state index in [1.165, 1.54) is 11.3 Å². The second kappa shape index (κ2) is 20.5. The minimum atomic E-state index is -0.401. The standard InChI is InChI=1S/C62H38N6O6S3.CH4/c1-3-73-57(69)45-29-13-25-41-49(45)33-17-5-9-21-37(33)53(41)63-65-55-39-23-11-7-19-35(39)51-43(55)27-15-31-47(51)59(71)75-61-67-68-62(77-61)76-60(72)48-32-16-28-44-52(48)36-20-8-12-24-40(36)56(44)66-64-54-38-22-10-6-18-34(38)50-42(54)26-14-30-46(50)58(70)74-4-2;/h5-32H,3-4H2,1-2H3;1H4. The van der Waals surface area contributed by atoms with Crippen LogP contribution in [0.25, 0.3) is 44.5 Å². The quantitative estimate of drug-likeness (QED) is 0.0732. The molecule has 0 bridgehead atoms. The van der Waals surface area contributed by atoms with Crippen molar-refractivity contribution in [1.29, 1.82) is 0 Å². The molecule has 78 heavy (non-hydrogen) atoms. The van der Waals surface area contributed by atoms with Gasteiger partial charge in [-0.25, -0.2) is 9.59 Å². The van der Waals surface area contributed by atoms with Gasteiger partial charge in [-0.05, 0) is 83.9 Å². The average Bonchev–Trinajstić information content (AvgIpc) is 4.42. The number of nitrogens with zero attached hydrogens (tertiary/aromatic N) is 6. The third-order valence-electron chi connectivity index (χ3n) is 13.8. The minimum absolute atomic E-state index is 0. The lowest BCUT2D eigenvalue weighted by Crippen LogP contribution is -2.07. The lowest BCUT2D eigenvalue weighted by molar-refractivity contribution is 0.0517. The molecule has 0 spiro atoms. The van der Waals surface area contributed by atoms with Gasteiger partial charge >= 0.3 is 11.9 Å². The molecule has 0 saturated heterocycles. The highest BCUT2D eigenvalue weighted by Crippen LogP contribution is 2.46. The second-order valence-corrected chi connectivity index (χ2v) is 21.4. The van der Waals surface area contributed by atoms with Gasteiger partial charge < -0.3 is 9.47 Å². The molecule has 0 fully saturated rings. The monoisotopic (exact) mass is 1070 g/mol. The van der Waals surface area contributed by atoms with E-state index in [2.05, 4.69) is 10.2 Å². The van der Waals surface area contributed by atoms with E-state index in [1.54, 1.807) is 38.1 Å². The summed E-state index contributed by atoms with van der Waals surface area (Å²) in [6, 6.07) is 53.4. The highest BCUT2D eigenvalue weighted by Gasteiger charge is 2.35. The van der Waals surface area contributed by atoms with Crippen LogP contribution in [0.4, 0.5) is 0 Å². The van der Waals surface area contributed by atoms with E-state index in [0.29, 0.717) is 53.8 Å². The first kappa shape index (κ1) is 49.8. The van der Waals surface area contributed by atoms with Gasteiger partial charge in [-0.3, -0.25) is 9.59 Å². The smallest absolute Gasteiger partial charge is 0.338 e. The number of rotatable bonds is 10. The van der Waals surface area contributed by atoms with E-state index in [4.69, 9.17) is 29.9 Å². The van der Waals surface area contributed by atoms with Crippen molar-refractivity contribution in [2.24, 2.45) is 20.4 Å². The molecule has 4 aliphatic carbocycles. The molecule has 0 aliphatic heterocycles. The van der Waals surface area contributed by atoms with Crippen LogP contribution in [0.15, 0.2) is 199 Å². The van der Waals surface area contributed by atoms with Crippen LogP contribution in [0.1, 0.15) is 107 Å². The largest absolute Gasteiger partial charge is 0.462 e. The fourth-order valence-corrected chi connectivity index (χ4v) is 13.4. The molecule has 0 amide bonds. The van der Waals surface area contributed by atoms with Gasteiger partial charge in [-0.15, -0.1) is 30.6 Å². The van der Waals surface area contributed by atoms with Crippen LogP contribution in [0.5, 0.6) is 0 Å². The molecule has 9 aromatic rings. The van der Waals surface area contributed by atoms with Crippen LogP contribution in [0.2, 0.25) is 0 Å². The molecule has 1 heterocycles. The fraction of sp³-hybridized carbons (Fsp3) is 0.0794. The molecule has 13 rings (SSSR count). The zero-order chi connectivity index (χ0) is 52.3. The molecule has 1 aromatic heterocycles. The third kappa shape index (κ3) is 8.25. The number of ether oxygens (including phenoxy) is 2. The topological polar surface area (TPSA) is 162 Å². The lowest BCUT2D eigenvalue weighted by Gasteiger charge is -2.08. The van der Waals surface area contributed by atoms with Gasteiger partial charge in [-0.1, -0.05) is 164 Å². The first-order valence-electron chi connectivity index (χ1n) is 24.7. The molecular weight excluding hydrogens is 1030 g/mol. The van der Waals surface area contributed by atoms with Gasteiger partial charge in [0, 0.05) is 77.9 Å². The summed E-state index contributed by atoms with van der Waals surface area (Å²) in [6.07, 6.45) is 0. The van der Waals surface area contributed by atoms with E-state index in [9.17, 15) is 19.2 Å². The Bertz CT molecular complexity index is 3930. The summed E-state index contributed by atoms with van der Waals surface area (Å²) in [4.78, 5) is 55.0. The maximum atomic E-state index is 14.4. The van der Waals surface area contributed by atoms with Crippen LogP contribution in [0.3, 0.4) is 0 Å². The van der Waals surface area contributed by atoms with E-state index in [1.807, 2.05) is 146 Å². The highest BCUT2D eigenvalue weighted by molar-refractivity contribution is 8.17. The number of carbonyl (C=O) groups excluding carboxylic acids is 4. The van der Waals surface area contributed by atoms with Crippen LogP contribution < -0.4 is 0 Å². The Morgan fingerprint density at radius 3 is 0.923 bits per heavy atom. The Hall–Kier alpha value is -9.02. The van der Waals surface area contributed by atoms with Crippen LogP contribution >= 0.6 is 34.9 Å². The molecule has 0 N–H and O–H groups in total. The van der Waals surface area contributed by atoms with Crippen molar-refractivity contribution < 1.29 is 28.7 Å². The third-order valence-corrected chi connectivity index (χ3v) is 16.6. The number of hydrogen-bond acceptors (Lipinski definition) is 15. The van der Waals surface area contributed by atoms with E-state index in [-0.39, 0.29) is 30.9 Å². The van der Waals surface area contributed by atoms with Crippen molar-refractivity contribution in [1.82, 2.24) is 10.2 Å². The molecule has 4 aliphatic rings. The van der Waals surface area contributed by atoms with Crippen molar-refractivity contribution in [2.45, 2.75) is 30.0 Å². The number of thioether (sulfide) groups is 2. The molecule has 0 unspecified atom stereocenters. The lowest BCUT2D eigenvalue weighted by atomic mass is 9.99. The van der Waals surface area contributed by atoms with E-state index < -0.39 is 11.9 Å². The van der Waals surface area contributed by atoms with Crippen molar-refractivity contribution in [3.63, 3.8) is 0 Å². The summed E-state index contributed by atoms with van der Waals surface area (Å²) in [7, 11) is 0. The summed E-state index contributed by atoms with van der Waals surface area (Å²) < 4.78 is 11.6. The van der Waals surface area contributed by atoms with Gasteiger partial charge in [0.2, 0.25) is 10.2 Å². The number of esters is 2. The van der Waals surface area contributed by atoms with Gasteiger partial charge in [-0.2, -0.15) is 0 Å². The molecular formula is C63H42N6O6S3. The number of aromatic nitrogens is 2. The zero-order valence-electron chi connectivity index (χ0n) is 40.9. The highest BCUT2D eigenvalue weighted by atomic mass is 32.2. The summed E-state index contributed by atoms with van der Waals surface area (Å²) in [5, 5.41) is 27.9. The van der Waals surface area contributed by atoms with Gasteiger partial charge in [0.15, 0.2) is 8.68 Å². The summed E-state index contributed by atoms with van der Waals surface area (Å²) in [5.41, 5.74) is 17.2. The molecule has 15 heteroatoms. The molecule has 0 atom stereocenters. The maximum Gasteiger partial charge on any atom is 0.338 e. The molecule has 0 saturated carbocycles. The summed E-state index contributed by atoms with van der Waals surface area (Å²) in [5.74, 6) is -0.803. The van der Waals surface area contributed by atoms with Gasteiger partial charge in [0.05, 0.1) is 24.3 Å². The summed E-state index contributed by atoms with van der Waals surface area (Å²) in [6.45, 7) is 4.08. The molecule has 8 aromatic carbocycles. The van der Waals surface area contributed by atoms with Crippen molar-refractivity contribution >= 4 is 79.9 Å². The first-order chi connectivity index (χ1) is 37.8. The Morgan fingerprint density at radius 1 is 0.372 bits per heavy atom.